The summed E-state index contributed by atoms with van der Waals surface area (Å²) in [4.78, 5) is 38.7. The molecule has 0 saturated carbocycles. The molecule has 4 rings (SSSR count). The van der Waals surface area contributed by atoms with Gasteiger partial charge in [0.2, 0.25) is 0 Å². The van der Waals surface area contributed by atoms with E-state index in [0.717, 1.165) is 0 Å². The van der Waals surface area contributed by atoms with Gasteiger partial charge < -0.3 is 30.3 Å². The number of nitrogen functional groups attached to an aromatic ring is 1. The predicted octanol–water partition coefficient (Wildman–Crippen LogP) is 3.06. The molecule has 38 heavy (non-hydrogen) atoms. The molecule has 0 saturated heterocycles. The number of aromatic nitrogens is 4. The predicted molar refractivity (Wildman–Crippen MR) is 136 cm³/mol. The zero-order valence-corrected chi connectivity index (χ0v) is 21.0. The van der Waals surface area contributed by atoms with Crippen molar-refractivity contribution < 1.29 is 29.3 Å². The maximum Gasteiger partial charge on any atom is 0.327 e. The van der Waals surface area contributed by atoms with Gasteiger partial charge in [-0.15, -0.1) is 0 Å². The van der Waals surface area contributed by atoms with Gasteiger partial charge in [-0.25, -0.2) is 9.78 Å². The molecule has 1 atom stereocenters. The zero-order valence-electron chi connectivity index (χ0n) is 21.0. The lowest BCUT2D eigenvalue weighted by Gasteiger charge is -2.14. The van der Waals surface area contributed by atoms with E-state index in [1.54, 1.807) is 39.2 Å². The molecule has 0 bridgehead atoms. The van der Waals surface area contributed by atoms with Crippen molar-refractivity contribution in [1.29, 1.82) is 5.41 Å². The monoisotopic (exact) mass is 519 g/mol. The summed E-state index contributed by atoms with van der Waals surface area (Å²) in [6.45, 7) is 3.09. The molecule has 4 aromatic rings. The van der Waals surface area contributed by atoms with Crippen LogP contribution in [0.3, 0.4) is 0 Å². The number of carboxylic acid groups (broad SMARTS) is 1. The van der Waals surface area contributed by atoms with Crippen molar-refractivity contribution >= 4 is 28.9 Å². The van der Waals surface area contributed by atoms with Crippen LogP contribution in [0, 0.1) is 12.3 Å². The van der Waals surface area contributed by atoms with Crippen molar-refractivity contribution in [3.63, 3.8) is 0 Å². The number of rotatable bonds is 8. The second-order valence-electron chi connectivity index (χ2n) is 8.55. The first-order valence-corrected chi connectivity index (χ1v) is 11.3. The number of carbonyl (C=O) groups is 2. The lowest BCUT2D eigenvalue weighted by atomic mass is 10.2. The molecule has 0 radical (unpaired) electrons. The molecule has 13 nitrogen and oxygen atoms in total. The first-order chi connectivity index (χ1) is 18.0. The fourth-order valence-corrected chi connectivity index (χ4v) is 3.65. The molecule has 2 aromatic carbocycles. The van der Waals surface area contributed by atoms with Crippen molar-refractivity contribution in [3.8, 4) is 29.1 Å². The summed E-state index contributed by atoms with van der Waals surface area (Å²) in [6.07, 6.45) is 0. The summed E-state index contributed by atoms with van der Waals surface area (Å²) in [6, 6.07) is 9.18. The Balaban J connectivity index is 1.86. The third-order valence-corrected chi connectivity index (χ3v) is 5.58. The number of amidine groups is 1. The van der Waals surface area contributed by atoms with Crippen molar-refractivity contribution in [2.75, 3.05) is 14.1 Å². The first-order valence-electron chi connectivity index (χ1n) is 11.3. The lowest BCUT2D eigenvalue weighted by molar-refractivity contribution is -0.140. The number of carbonyl (C=O) groups excluding carboxylic acids is 1. The Hall–Kier alpha value is -5.20. The maximum atomic E-state index is 12.4. The maximum absolute atomic E-state index is 12.4. The Morgan fingerprint density at radius 1 is 1.08 bits per heavy atom. The Morgan fingerprint density at radius 2 is 1.82 bits per heavy atom. The third kappa shape index (κ3) is 5.02. The highest BCUT2D eigenvalue weighted by Gasteiger charge is 2.25. The number of aliphatic carboxylic acids is 1. The number of nitrogens with zero attached hydrogens (tertiary/aromatic N) is 5. The molecule has 0 aliphatic heterocycles. The molecule has 0 spiro atoms. The van der Waals surface area contributed by atoms with Crippen LogP contribution in [0.2, 0.25) is 0 Å². The highest BCUT2D eigenvalue weighted by molar-refractivity contribution is 5.95. The number of nitrogens with two attached hydrogens (primary N) is 1. The van der Waals surface area contributed by atoms with Gasteiger partial charge in [-0.1, -0.05) is 6.07 Å². The van der Waals surface area contributed by atoms with Crippen LogP contribution in [0.15, 0.2) is 42.5 Å². The van der Waals surface area contributed by atoms with E-state index in [2.05, 4.69) is 15.0 Å². The van der Waals surface area contributed by atoms with Crippen LogP contribution in [0.1, 0.15) is 34.7 Å². The lowest BCUT2D eigenvalue weighted by Crippen LogP contribution is -2.21. The molecule has 1 amide bonds. The number of nitrogens with one attached hydrogen (secondary N) is 1. The van der Waals surface area contributed by atoms with Crippen molar-refractivity contribution in [2.24, 2.45) is 5.73 Å². The summed E-state index contributed by atoms with van der Waals surface area (Å²) in [7, 11) is 3.26. The van der Waals surface area contributed by atoms with Gasteiger partial charge in [-0.2, -0.15) is 9.97 Å². The van der Waals surface area contributed by atoms with E-state index in [9.17, 15) is 19.8 Å². The fourth-order valence-electron chi connectivity index (χ4n) is 3.65. The third-order valence-electron chi connectivity index (χ3n) is 5.58. The number of hydrogen-bond acceptors (Lipinski definition) is 9. The van der Waals surface area contributed by atoms with Gasteiger partial charge in [-0.05, 0) is 50.2 Å². The van der Waals surface area contributed by atoms with Crippen LogP contribution in [0.5, 0.6) is 29.1 Å². The van der Waals surface area contributed by atoms with E-state index >= 15 is 0 Å². The number of benzene rings is 2. The summed E-state index contributed by atoms with van der Waals surface area (Å²) in [5, 5.41) is 27.6. The number of amides is 1. The van der Waals surface area contributed by atoms with Gasteiger partial charge in [0.15, 0.2) is 22.7 Å². The molecule has 2 aromatic heterocycles. The number of imidazole rings is 1. The highest BCUT2D eigenvalue weighted by atomic mass is 16.5. The average molecular weight is 520 g/mol. The minimum atomic E-state index is -1.11. The SMILES string of the molecule is Cc1nc2c(Oc3cccc(C(=O)N(C)C)c3)nc(Oc3cc(C(=N)N)ccc3O)nc2n1C(C)C(=O)O. The molecule has 2 heterocycles. The van der Waals surface area contributed by atoms with Gasteiger partial charge in [0.05, 0.1) is 0 Å². The van der Waals surface area contributed by atoms with Gasteiger partial charge in [0.25, 0.3) is 11.8 Å². The number of hydrogen-bond donors (Lipinski definition) is 4. The standard InChI is InChI=1S/C25H25N7O6/c1-12(24(35)36)32-13(2)28-19-21(32)29-25(38-18-11-14(20(26)27)8-9-17(18)33)30-22(19)37-16-7-5-6-15(10-16)23(34)31(3)4/h5-12,33H,1-4H3,(H3,26,27)(H,35,36). The van der Waals surface area contributed by atoms with Gasteiger partial charge in [0.1, 0.15) is 23.5 Å². The molecular formula is C25H25N7O6. The average Bonchev–Trinajstić information content (AvgIpc) is 3.20. The summed E-state index contributed by atoms with van der Waals surface area (Å²) >= 11 is 0. The molecule has 5 N–H and O–H groups in total. The van der Waals surface area contributed by atoms with Crippen LogP contribution in [-0.2, 0) is 4.79 Å². The molecule has 0 aliphatic rings. The Morgan fingerprint density at radius 3 is 2.47 bits per heavy atom. The quantitative estimate of drug-likeness (QED) is 0.199. The van der Waals surface area contributed by atoms with E-state index in [1.165, 1.54) is 40.7 Å². The molecule has 1 unspecified atom stereocenters. The molecule has 196 valence electrons. The summed E-state index contributed by atoms with van der Waals surface area (Å²) in [5.41, 5.74) is 6.49. The summed E-state index contributed by atoms with van der Waals surface area (Å²) < 4.78 is 13.1. The van der Waals surface area contributed by atoms with E-state index in [-0.39, 0.29) is 57.6 Å². The van der Waals surface area contributed by atoms with Crippen LogP contribution in [0.4, 0.5) is 0 Å². The van der Waals surface area contributed by atoms with Crippen molar-refractivity contribution in [1.82, 2.24) is 24.4 Å². The number of phenols is 1. The largest absolute Gasteiger partial charge is 0.504 e. The normalized spacial score (nSPS) is 11.7. The topological polar surface area (TPSA) is 190 Å². The molecule has 0 fully saturated rings. The fraction of sp³-hybridized carbons (Fsp3) is 0.200. The van der Waals surface area contributed by atoms with E-state index < -0.39 is 12.0 Å². The first kappa shape index (κ1) is 25.9. The van der Waals surface area contributed by atoms with Gasteiger partial charge in [0, 0.05) is 25.2 Å². The number of phenolic OH excluding ortho intramolecular Hbond substituents is 1. The van der Waals surface area contributed by atoms with Crippen LogP contribution in [-0.4, -0.2) is 66.4 Å². The van der Waals surface area contributed by atoms with Crippen molar-refractivity contribution in [3.05, 3.63) is 59.4 Å². The minimum Gasteiger partial charge on any atom is -0.504 e. The number of fused-ring (bicyclic) bond motifs is 1. The second kappa shape index (κ2) is 10.0. The summed E-state index contributed by atoms with van der Waals surface area (Å²) in [5.74, 6) is -1.41. The number of ether oxygens (including phenoxy) is 2. The van der Waals surface area contributed by atoms with E-state index in [1.807, 2.05) is 0 Å². The number of carboxylic acids is 1. The Labute approximate surface area is 216 Å². The smallest absolute Gasteiger partial charge is 0.327 e. The van der Waals surface area contributed by atoms with Gasteiger partial charge >= 0.3 is 12.0 Å². The Bertz CT molecular complexity index is 1580. The minimum absolute atomic E-state index is 0.0684. The van der Waals surface area contributed by atoms with Gasteiger partial charge in [-0.3, -0.25) is 14.8 Å². The number of aromatic hydroxyl groups is 1. The van der Waals surface area contributed by atoms with Crippen LogP contribution in [0.25, 0.3) is 11.2 Å². The molecular weight excluding hydrogens is 494 g/mol. The van der Waals surface area contributed by atoms with Crippen LogP contribution >= 0.6 is 0 Å². The molecule has 0 aliphatic carbocycles. The molecule has 13 heteroatoms. The number of aryl methyl sites for hydroxylation is 1. The van der Waals surface area contributed by atoms with Crippen LogP contribution < -0.4 is 15.2 Å². The Kier molecular flexibility index (Phi) is 6.84. The second-order valence-corrected chi connectivity index (χ2v) is 8.55. The van der Waals surface area contributed by atoms with E-state index in [4.69, 9.17) is 20.6 Å². The van der Waals surface area contributed by atoms with Crippen molar-refractivity contribution in [2.45, 2.75) is 19.9 Å². The zero-order chi connectivity index (χ0) is 27.7. The highest BCUT2D eigenvalue weighted by Crippen LogP contribution is 2.35. The van der Waals surface area contributed by atoms with E-state index in [0.29, 0.717) is 11.4 Å².